The van der Waals surface area contributed by atoms with Gasteiger partial charge in [-0.3, -0.25) is 0 Å². The summed E-state index contributed by atoms with van der Waals surface area (Å²) in [7, 11) is 0. The topological polar surface area (TPSA) is 8.17 Å². The maximum absolute atomic E-state index is 2.51. The minimum Gasteiger partial charge on any atom is -0.309 e. The molecule has 1 aliphatic heterocycles. The molecule has 274 valence electrons. The smallest absolute Gasteiger partial charge is 0.0547 e. The summed E-state index contributed by atoms with van der Waals surface area (Å²) in [5, 5.41) is 23.4. The van der Waals surface area contributed by atoms with Gasteiger partial charge in [0.15, 0.2) is 0 Å². The lowest BCUT2D eigenvalue weighted by molar-refractivity contribution is 1.18. The van der Waals surface area contributed by atoms with Crippen LogP contribution in [-0.2, 0) is 0 Å². The molecule has 0 atom stereocenters. The van der Waals surface area contributed by atoms with E-state index in [0.717, 1.165) is 0 Å². The van der Waals surface area contributed by atoms with Crippen molar-refractivity contribution in [1.29, 1.82) is 0 Å². The number of benzene rings is 12. The highest BCUT2D eigenvalue weighted by atomic mass is 15.2. The van der Waals surface area contributed by atoms with E-state index in [0.29, 0.717) is 0 Å². The lowest BCUT2D eigenvalue weighted by Crippen LogP contribution is -2.15. The van der Waals surface area contributed by atoms with Crippen LogP contribution in [0.3, 0.4) is 0 Å². The quantitative estimate of drug-likeness (QED) is 0.126. The van der Waals surface area contributed by atoms with Crippen LogP contribution in [0, 0.1) is 0 Å². The van der Waals surface area contributed by atoms with Crippen molar-refractivity contribution in [3.63, 3.8) is 0 Å². The van der Waals surface area contributed by atoms with Crippen molar-refractivity contribution in [1.82, 2.24) is 4.57 Å². The first-order valence-electron chi connectivity index (χ1n) is 20.9. The van der Waals surface area contributed by atoms with E-state index in [1.165, 1.54) is 142 Å². The van der Waals surface area contributed by atoms with Crippen molar-refractivity contribution in [2.75, 3.05) is 4.90 Å². The maximum Gasteiger partial charge on any atom is 0.0547 e. The van der Waals surface area contributed by atoms with Crippen molar-refractivity contribution in [3.05, 3.63) is 194 Å². The van der Waals surface area contributed by atoms with Crippen LogP contribution in [0.4, 0.5) is 17.1 Å². The van der Waals surface area contributed by atoms with Gasteiger partial charge in [0.2, 0.25) is 0 Å². The fraction of sp³-hybridized carbons (Fsp3) is 0. The van der Waals surface area contributed by atoms with Crippen molar-refractivity contribution in [3.8, 4) is 16.8 Å². The van der Waals surface area contributed by atoms with Crippen LogP contribution in [0.15, 0.2) is 194 Å². The van der Waals surface area contributed by atoms with Gasteiger partial charge in [-0.1, -0.05) is 140 Å². The second-order valence-electron chi connectivity index (χ2n) is 16.8. The molecule has 1 aliphatic rings. The molecule has 2 heterocycles. The molecule has 2 heteroatoms. The predicted octanol–water partition coefficient (Wildman–Crippen LogP) is 16.3. The molecule has 0 amide bonds. The molecular formula is C58H32N2. The van der Waals surface area contributed by atoms with Gasteiger partial charge in [-0.25, -0.2) is 0 Å². The first-order chi connectivity index (χ1) is 29.8. The number of aromatic nitrogens is 1. The van der Waals surface area contributed by atoms with E-state index in [1.54, 1.807) is 0 Å². The fourth-order valence-corrected chi connectivity index (χ4v) is 11.5. The summed E-state index contributed by atoms with van der Waals surface area (Å²) >= 11 is 0. The largest absolute Gasteiger partial charge is 0.309 e. The third-order valence-electron chi connectivity index (χ3n) is 13.9. The van der Waals surface area contributed by atoms with Crippen molar-refractivity contribution in [2.24, 2.45) is 0 Å². The Morgan fingerprint density at radius 1 is 0.267 bits per heavy atom. The van der Waals surface area contributed by atoms with Gasteiger partial charge >= 0.3 is 0 Å². The Balaban J connectivity index is 0.966. The molecule has 0 unspecified atom stereocenters. The molecule has 1 aromatic heterocycles. The predicted molar refractivity (Wildman–Crippen MR) is 257 cm³/mol. The summed E-state index contributed by atoms with van der Waals surface area (Å²) in [6.07, 6.45) is 0. The summed E-state index contributed by atoms with van der Waals surface area (Å²) in [5.41, 5.74) is 9.84. The summed E-state index contributed by atoms with van der Waals surface area (Å²) < 4.78 is 2.51. The van der Waals surface area contributed by atoms with Crippen molar-refractivity contribution in [2.45, 2.75) is 0 Å². The molecule has 14 aromatic rings. The zero-order valence-corrected chi connectivity index (χ0v) is 32.4. The number of anilines is 3. The molecule has 0 N–H and O–H groups in total. The van der Waals surface area contributed by atoms with E-state index >= 15 is 0 Å². The zero-order valence-electron chi connectivity index (χ0n) is 32.4. The Labute approximate surface area is 344 Å². The molecule has 13 aromatic carbocycles. The number of para-hydroxylation sites is 2. The monoisotopic (exact) mass is 756 g/mol. The fourth-order valence-electron chi connectivity index (χ4n) is 11.5. The van der Waals surface area contributed by atoms with Gasteiger partial charge in [-0.2, -0.15) is 0 Å². The van der Waals surface area contributed by atoms with Gasteiger partial charge in [0.05, 0.1) is 22.4 Å². The van der Waals surface area contributed by atoms with Gasteiger partial charge in [-0.05, 0) is 130 Å². The Morgan fingerprint density at radius 3 is 1.53 bits per heavy atom. The third kappa shape index (κ3) is 3.80. The van der Waals surface area contributed by atoms with Crippen LogP contribution in [0.25, 0.3) is 125 Å². The Hall–Kier alpha value is -7.94. The molecule has 0 saturated carbocycles. The van der Waals surface area contributed by atoms with Crippen LogP contribution in [0.5, 0.6) is 0 Å². The molecule has 0 spiro atoms. The second kappa shape index (κ2) is 11.0. The lowest BCUT2D eigenvalue weighted by Gasteiger charge is -2.34. The Bertz CT molecular complexity index is 4090. The van der Waals surface area contributed by atoms with Gasteiger partial charge in [0, 0.05) is 44.0 Å². The Morgan fingerprint density at radius 2 is 0.800 bits per heavy atom. The number of pyridine rings is 1. The average molecular weight is 757 g/mol. The van der Waals surface area contributed by atoms with Crippen LogP contribution < -0.4 is 4.90 Å². The molecule has 0 bridgehead atoms. The molecule has 0 saturated heterocycles. The molecule has 15 rings (SSSR count). The highest BCUT2D eigenvalue weighted by Gasteiger charge is 2.28. The molecule has 0 radical (unpaired) electrons. The lowest BCUT2D eigenvalue weighted by atomic mass is 9.86. The van der Waals surface area contributed by atoms with E-state index < -0.39 is 0 Å². The summed E-state index contributed by atoms with van der Waals surface area (Å²) in [4.78, 5) is 2.49. The molecule has 0 fully saturated rings. The van der Waals surface area contributed by atoms with Crippen molar-refractivity contribution < 1.29 is 0 Å². The van der Waals surface area contributed by atoms with Crippen LogP contribution in [-0.4, -0.2) is 4.57 Å². The van der Waals surface area contributed by atoms with E-state index in [9.17, 15) is 0 Å². The van der Waals surface area contributed by atoms with Gasteiger partial charge < -0.3 is 9.47 Å². The number of fused-ring (bicyclic) bond motifs is 9. The average Bonchev–Trinajstić information content (AvgIpc) is 3.64. The maximum atomic E-state index is 2.51. The standard InChI is InChI=1S/C58H32N2/c1-2-12-41-33(10-1)28-34-11-9-19-51-55(34)56(41)48-16-6-8-18-50(48)60(51)40-31-37-22-20-35-29-39(30-36-21-23-38(32-40)54(37)53(35)36)59-49-17-7-5-15-44(49)47-25-24-45-42-13-3-4-14-43(42)46-26-27-52(59)58(47)57(45)46/h1-32H. The van der Waals surface area contributed by atoms with Crippen LogP contribution in [0.2, 0.25) is 0 Å². The summed E-state index contributed by atoms with van der Waals surface area (Å²) in [6, 6.07) is 73.1. The zero-order chi connectivity index (χ0) is 38.8. The second-order valence-corrected chi connectivity index (χ2v) is 16.8. The number of rotatable bonds is 2. The minimum atomic E-state index is 1.18. The summed E-state index contributed by atoms with van der Waals surface area (Å²) in [5.74, 6) is 0. The van der Waals surface area contributed by atoms with E-state index in [4.69, 9.17) is 0 Å². The summed E-state index contributed by atoms with van der Waals surface area (Å²) in [6.45, 7) is 0. The number of hydrogen-bond donors (Lipinski definition) is 0. The number of nitrogens with zero attached hydrogens (tertiary/aromatic N) is 2. The SMILES string of the molecule is c1ccc2c(c1)-c1c3ccccc3cc3cccc(c13)N2c1cc2ccc3cc(-n4c5ccccc5c5ccc6c7ccccc7c7ccc4c5c67)cc4ccc(c1)c2c34. The van der Waals surface area contributed by atoms with Gasteiger partial charge in [0.1, 0.15) is 0 Å². The number of hydrogen-bond acceptors (Lipinski definition) is 1. The molecule has 2 nitrogen and oxygen atoms in total. The highest BCUT2D eigenvalue weighted by Crippen LogP contribution is 2.54. The van der Waals surface area contributed by atoms with Crippen molar-refractivity contribution >= 4 is 125 Å². The Kier molecular flexibility index (Phi) is 5.68. The van der Waals surface area contributed by atoms with E-state index in [-0.39, 0.29) is 0 Å². The normalized spacial score (nSPS) is 13.0. The van der Waals surface area contributed by atoms with E-state index in [1.807, 2.05) is 0 Å². The van der Waals surface area contributed by atoms with Crippen LogP contribution >= 0.6 is 0 Å². The minimum absolute atomic E-state index is 1.18. The van der Waals surface area contributed by atoms with E-state index in [2.05, 4.69) is 204 Å². The highest BCUT2D eigenvalue weighted by molar-refractivity contribution is 6.37. The third-order valence-corrected chi connectivity index (χ3v) is 13.9. The molecular weight excluding hydrogens is 725 g/mol. The first kappa shape index (κ1) is 31.1. The van der Waals surface area contributed by atoms with Gasteiger partial charge in [-0.15, -0.1) is 0 Å². The van der Waals surface area contributed by atoms with Gasteiger partial charge in [0.25, 0.3) is 0 Å². The molecule has 0 aliphatic carbocycles. The first-order valence-corrected chi connectivity index (χ1v) is 20.9. The van der Waals surface area contributed by atoms with Crippen LogP contribution in [0.1, 0.15) is 0 Å². The molecule has 60 heavy (non-hydrogen) atoms.